The van der Waals surface area contributed by atoms with Crippen LogP contribution >= 0.6 is 11.6 Å². The van der Waals surface area contributed by atoms with Crippen molar-refractivity contribution in [2.75, 3.05) is 32.8 Å². The van der Waals surface area contributed by atoms with Crippen LogP contribution in [0.3, 0.4) is 0 Å². The largest absolute Gasteiger partial charge is 0.485 e. The number of carbonyl (C=O) groups is 2. The Balaban J connectivity index is 1.66. The van der Waals surface area contributed by atoms with Gasteiger partial charge >= 0.3 is 6.09 Å². The lowest BCUT2D eigenvalue weighted by Gasteiger charge is -2.36. The number of rotatable bonds is 4. The van der Waals surface area contributed by atoms with Crippen LogP contribution in [0.4, 0.5) is 10.5 Å². The summed E-state index contributed by atoms with van der Waals surface area (Å²) < 4.78 is 16.2. The zero-order valence-corrected chi connectivity index (χ0v) is 18.8. The molecule has 0 bridgehead atoms. The number of nitrogens with one attached hydrogen (secondary N) is 1. The Bertz CT molecular complexity index is 917. The van der Waals surface area contributed by atoms with Crippen LogP contribution in [0.5, 0.6) is 11.5 Å². The van der Waals surface area contributed by atoms with E-state index in [4.69, 9.17) is 25.8 Å². The van der Waals surface area contributed by atoms with Gasteiger partial charge in [0.2, 0.25) is 0 Å². The molecule has 0 aliphatic carbocycles. The number of carbonyl (C=O) groups excluding carboxylic acids is 2. The first-order valence-corrected chi connectivity index (χ1v) is 10.6. The number of hydrogen-bond acceptors (Lipinski definition) is 8. The molecule has 3 rings (SSSR count). The molecule has 2 aliphatic heterocycles. The highest BCUT2D eigenvalue weighted by molar-refractivity contribution is 6.34. The Morgan fingerprint density at radius 1 is 1.34 bits per heavy atom. The molecule has 176 valence electrons. The first-order chi connectivity index (χ1) is 15.0. The fraction of sp³-hybridized carbons (Fsp3) is 0.600. The van der Waals surface area contributed by atoms with Crippen molar-refractivity contribution in [1.29, 1.82) is 0 Å². The summed E-state index contributed by atoms with van der Waals surface area (Å²) in [5.74, 6) is -0.922. The minimum atomic E-state index is -0.871. The Morgan fingerprint density at radius 3 is 2.59 bits per heavy atom. The number of fused-ring (bicyclic) bond motifs is 1. The summed E-state index contributed by atoms with van der Waals surface area (Å²) in [6.07, 6.45) is -0.931. The second-order valence-corrected chi connectivity index (χ2v) is 9.00. The zero-order chi connectivity index (χ0) is 23.6. The molecule has 12 heteroatoms. The molecule has 2 N–H and O–H groups in total. The molecule has 1 aromatic carbocycles. The maximum atomic E-state index is 12.8. The summed E-state index contributed by atoms with van der Waals surface area (Å²) >= 11 is 6.04. The molecule has 11 nitrogen and oxygen atoms in total. The normalized spacial score (nSPS) is 20.5. The van der Waals surface area contributed by atoms with Crippen LogP contribution in [0, 0.1) is 16.0 Å². The van der Waals surface area contributed by atoms with Crippen molar-refractivity contribution in [3.63, 3.8) is 0 Å². The SMILES string of the molecule is CC(C)(C)OC(=O)N1CC[C@@H](CNC(=O)c2cc([N+](=O)[O-])c(Cl)c3c2OCCO3)[C@H](O)C1. The van der Waals surface area contributed by atoms with E-state index in [-0.39, 0.29) is 54.3 Å². The molecule has 0 saturated carbocycles. The molecule has 32 heavy (non-hydrogen) atoms. The molecule has 0 spiro atoms. The highest BCUT2D eigenvalue weighted by atomic mass is 35.5. The molecule has 2 aliphatic rings. The molecule has 1 saturated heterocycles. The van der Waals surface area contributed by atoms with Crippen LogP contribution < -0.4 is 14.8 Å². The number of nitro groups is 1. The van der Waals surface area contributed by atoms with Gasteiger partial charge in [-0.25, -0.2) is 4.79 Å². The molecule has 0 radical (unpaired) electrons. The first kappa shape index (κ1) is 23.9. The van der Waals surface area contributed by atoms with Gasteiger partial charge in [-0.1, -0.05) is 11.6 Å². The van der Waals surface area contributed by atoms with E-state index in [9.17, 15) is 24.8 Å². The molecular weight excluding hydrogens is 446 g/mol. The van der Waals surface area contributed by atoms with Gasteiger partial charge in [0.15, 0.2) is 16.5 Å². The van der Waals surface area contributed by atoms with Crippen LogP contribution in [-0.4, -0.2) is 71.5 Å². The number of nitro benzene ring substituents is 1. The molecule has 2 amide bonds. The number of piperidine rings is 1. The maximum Gasteiger partial charge on any atom is 0.410 e. The molecule has 0 aromatic heterocycles. The summed E-state index contributed by atoms with van der Waals surface area (Å²) in [5, 5.41) is 24.2. The lowest BCUT2D eigenvalue weighted by molar-refractivity contribution is -0.384. The number of ether oxygens (including phenoxy) is 3. The minimum absolute atomic E-state index is 0.0389. The van der Waals surface area contributed by atoms with E-state index < -0.39 is 34.3 Å². The fourth-order valence-corrected chi connectivity index (χ4v) is 3.76. The monoisotopic (exact) mass is 471 g/mol. The predicted molar refractivity (Wildman–Crippen MR) is 113 cm³/mol. The second-order valence-electron chi connectivity index (χ2n) is 8.62. The van der Waals surface area contributed by atoms with Crippen molar-refractivity contribution in [2.24, 2.45) is 5.92 Å². The third kappa shape index (κ3) is 5.33. The zero-order valence-electron chi connectivity index (χ0n) is 18.1. The third-order valence-electron chi connectivity index (χ3n) is 5.07. The topological polar surface area (TPSA) is 140 Å². The van der Waals surface area contributed by atoms with Gasteiger partial charge in [0.25, 0.3) is 11.6 Å². The Hall–Kier alpha value is -2.79. The molecule has 1 fully saturated rings. The molecule has 1 aromatic rings. The highest BCUT2D eigenvalue weighted by Gasteiger charge is 2.34. The van der Waals surface area contributed by atoms with Gasteiger partial charge in [-0.2, -0.15) is 0 Å². The second kappa shape index (κ2) is 9.37. The smallest absolute Gasteiger partial charge is 0.410 e. The number of aliphatic hydroxyl groups is 1. The first-order valence-electron chi connectivity index (χ1n) is 10.2. The third-order valence-corrected chi connectivity index (χ3v) is 5.44. The van der Waals surface area contributed by atoms with E-state index in [1.807, 2.05) is 0 Å². The number of hydrogen-bond donors (Lipinski definition) is 2. The fourth-order valence-electron chi connectivity index (χ4n) is 3.49. The van der Waals surface area contributed by atoms with Crippen LogP contribution in [0.2, 0.25) is 5.02 Å². The molecule has 2 atom stereocenters. The number of likely N-dealkylation sites (tertiary alicyclic amines) is 1. The Morgan fingerprint density at radius 2 is 2.00 bits per heavy atom. The number of aliphatic hydroxyl groups excluding tert-OH is 1. The van der Waals surface area contributed by atoms with Gasteiger partial charge < -0.3 is 29.5 Å². The van der Waals surface area contributed by atoms with E-state index in [1.54, 1.807) is 20.8 Å². The van der Waals surface area contributed by atoms with Gasteiger partial charge in [0, 0.05) is 25.1 Å². The Kier molecular flexibility index (Phi) is 6.99. The molecular formula is C20H26ClN3O8. The number of nitrogens with zero attached hydrogens (tertiary/aromatic N) is 2. The average Bonchev–Trinajstić information content (AvgIpc) is 2.71. The van der Waals surface area contributed by atoms with Gasteiger partial charge in [-0.05, 0) is 27.2 Å². The van der Waals surface area contributed by atoms with Crippen molar-refractivity contribution >= 4 is 29.3 Å². The average molecular weight is 472 g/mol. The lowest BCUT2D eigenvalue weighted by atomic mass is 9.94. The van der Waals surface area contributed by atoms with E-state index in [1.165, 1.54) is 4.90 Å². The van der Waals surface area contributed by atoms with Crippen molar-refractivity contribution in [3.05, 3.63) is 26.8 Å². The van der Waals surface area contributed by atoms with E-state index in [2.05, 4.69) is 5.32 Å². The summed E-state index contributed by atoms with van der Waals surface area (Å²) in [7, 11) is 0. The summed E-state index contributed by atoms with van der Waals surface area (Å²) in [6, 6.07) is 1.05. The van der Waals surface area contributed by atoms with E-state index in [0.29, 0.717) is 13.0 Å². The minimum Gasteiger partial charge on any atom is -0.485 e. The van der Waals surface area contributed by atoms with Crippen molar-refractivity contribution in [3.8, 4) is 11.5 Å². The van der Waals surface area contributed by atoms with Gasteiger partial charge in [-0.15, -0.1) is 0 Å². The highest BCUT2D eigenvalue weighted by Crippen LogP contribution is 2.45. The lowest BCUT2D eigenvalue weighted by Crippen LogP contribution is -2.50. The molecule has 2 heterocycles. The van der Waals surface area contributed by atoms with Gasteiger partial charge in [0.1, 0.15) is 18.8 Å². The van der Waals surface area contributed by atoms with Crippen molar-refractivity contribution in [1.82, 2.24) is 10.2 Å². The van der Waals surface area contributed by atoms with Crippen molar-refractivity contribution in [2.45, 2.75) is 38.9 Å². The number of β-amino-alcohol motifs (C(OH)–C–C–N with tert-alkyl or cyclic N) is 1. The van der Waals surface area contributed by atoms with Crippen molar-refractivity contribution < 1.29 is 33.8 Å². The van der Waals surface area contributed by atoms with E-state index >= 15 is 0 Å². The summed E-state index contributed by atoms with van der Waals surface area (Å²) in [4.78, 5) is 37.1. The Labute approximate surface area is 189 Å². The van der Waals surface area contributed by atoms with Gasteiger partial charge in [-0.3, -0.25) is 14.9 Å². The quantitative estimate of drug-likeness (QED) is 0.503. The summed E-state index contributed by atoms with van der Waals surface area (Å²) in [5.41, 5.74) is -1.18. The van der Waals surface area contributed by atoms with Crippen LogP contribution in [0.25, 0.3) is 0 Å². The number of amides is 2. The van der Waals surface area contributed by atoms with E-state index in [0.717, 1.165) is 6.07 Å². The predicted octanol–water partition coefficient (Wildman–Crippen LogP) is 2.37. The maximum absolute atomic E-state index is 12.8. The summed E-state index contributed by atoms with van der Waals surface area (Å²) in [6.45, 7) is 6.16. The van der Waals surface area contributed by atoms with Crippen LogP contribution in [-0.2, 0) is 4.74 Å². The van der Waals surface area contributed by atoms with Crippen LogP contribution in [0.15, 0.2) is 6.07 Å². The molecule has 0 unspecified atom stereocenters. The number of benzene rings is 1. The van der Waals surface area contributed by atoms with Gasteiger partial charge in [0.05, 0.1) is 23.1 Å². The standard InChI is InChI=1S/C20H26ClN3O8/c1-20(2,3)32-19(27)23-5-4-11(14(25)10-23)9-22-18(26)12-8-13(24(28)29)15(21)17-16(12)30-6-7-31-17/h8,11,14,25H,4-7,9-10H2,1-3H3,(H,22,26)/t11-,14+/m0/s1. The van der Waals surface area contributed by atoms with Crippen LogP contribution in [0.1, 0.15) is 37.6 Å². The number of halogens is 1.